The minimum absolute atomic E-state index is 0.0229. The van der Waals surface area contributed by atoms with Crippen molar-refractivity contribution < 1.29 is 14.5 Å². The zero-order chi connectivity index (χ0) is 17.4. The van der Waals surface area contributed by atoms with Crippen molar-refractivity contribution in [3.63, 3.8) is 0 Å². The summed E-state index contributed by atoms with van der Waals surface area (Å²) >= 11 is 5.15. The molecule has 1 aromatic rings. The number of ether oxygens (including phenoxy) is 1. The Kier molecular flexibility index (Phi) is 7.36. The monoisotopic (exact) mass is 340 g/mol. The zero-order valence-corrected chi connectivity index (χ0v) is 14.1. The lowest BCUT2D eigenvalue weighted by Crippen LogP contribution is -2.48. The van der Waals surface area contributed by atoms with E-state index in [1.54, 1.807) is 21.1 Å². The van der Waals surface area contributed by atoms with Gasteiger partial charge in [-0.3, -0.25) is 25.3 Å². The lowest BCUT2D eigenvalue weighted by molar-refractivity contribution is -0.385. The van der Waals surface area contributed by atoms with Crippen LogP contribution in [0.3, 0.4) is 0 Å². The molecule has 0 saturated heterocycles. The van der Waals surface area contributed by atoms with E-state index in [9.17, 15) is 14.9 Å². The second-order valence-corrected chi connectivity index (χ2v) is 5.22. The summed E-state index contributed by atoms with van der Waals surface area (Å²) in [6, 6.07) is 4.19. The highest BCUT2D eigenvalue weighted by Crippen LogP contribution is 2.18. The lowest BCUT2D eigenvalue weighted by Gasteiger charge is -2.21. The molecule has 0 fully saturated rings. The van der Waals surface area contributed by atoms with Crippen LogP contribution in [-0.4, -0.2) is 48.3 Å². The van der Waals surface area contributed by atoms with Gasteiger partial charge in [0.25, 0.3) is 11.6 Å². The highest BCUT2D eigenvalue weighted by Gasteiger charge is 2.15. The molecule has 1 rings (SSSR count). The number of aryl methyl sites for hydroxylation is 1. The number of hydrogen-bond acceptors (Lipinski definition) is 5. The van der Waals surface area contributed by atoms with Gasteiger partial charge in [-0.05, 0) is 37.7 Å². The maximum Gasteiger partial charge on any atom is 0.272 e. The van der Waals surface area contributed by atoms with Crippen molar-refractivity contribution in [3.8, 4) is 0 Å². The predicted octanol–water partition coefficient (Wildman–Crippen LogP) is 1.39. The van der Waals surface area contributed by atoms with Crippen LogP contribution in [0.4, 0.5) is 5.69 Å². The van der Waals surface area contributed by atoms with Gasteiger partial charge in [-0.2, -0.15) is 0 Å². The Balaban J connectivity index is 2.59. The average molecular weight is 340 g/mol. The molecule has 1 amide bonds. The summed E-state index contributed by atoms with van der Waals surface area (Å²) in [4.78, 5) is 22.4. The van der Waals surface area contributed by atoms with E-state index in [4.69, 9.17) is 17.0 Å². The molecule has 23 heavy (non-hydrogen) atoms. The minimum Gasteiger partial charge on any atom is -0.385 e. The molecule has 9 heteroatoms. The molecule has 0 spiro atoms. The number of nitrogens with one attached hydrogen (secondary N) is 2. The number of thiocarbonyl (C=S) groups is 1. The van der Waals surface area contributed by atoms with Crippen LogP contribution in [-0.2, 0) is 4.74 Å². The summed E-state index contributed by atoms with van der Waals surface area (Å²) in [5.74, 6) is -0.397. The molecule has 0 saturated carbocycles. The highest BCUT2D eigenvalue weighted by molar-refractivity contribution is 7.80. The van der Waals surface area contributed by atoms with Crippen LogP contribution in [0.25, 0.3) is 0 Å². The molecule has 1 aromatic carbocycles. The molecule has 0 aliphatic carbocycles. The molecule has 2 N–H and O–H groups in total. The number of benzene rings is 1. The topological polar surface area (TPSA) is 96.7 Å². The molecule has 0 bridgehead atoms. The summed E-state index contributed by atoms with van der Waals surface area (Å²) in [7, 11) is 3.23. The van der Waals surface area contributed by atoms with Crippen LogP contribution in [0.1, 0.15) is 22.3 Å². The average Bonchev–Trinajstić information content (AvgIpc) is 2.50. The van der Waals surface area contributed by atoms with Crippen LogP contribution >= 0.6 is 12.2 Å². The van der Waals surface area contributed by atoms with Crippen molar-refractivity contribution in [3.05, 3.63) is 39.4 Å². The van der Waals surface area contributed by atoms with Gasteiger partial charge in [-0.15, -0.1) is 0 Å². The number of nitro groups is 1. The van der Waals surface area contributed by atoms with Crippen molar-refractivity contribution in [2.45, 2.75) is 13.3 Å². The van der Waals surface area contributed by atoms with Crippen LogP contribution in [0.2, 0.25) is 0 Å². The highest BCUT2D eigenvalue weighted by atomic mass is 32.1. The summed E-state index contributed by atoms with van der Waals surface area (Å²) in [5.41, 5.74) is 3.32. The first kappa shape index (κ1) is 18.8. The van der Waals surface area contributed by atoms with E-state index in [1.165, 1.54) is 23.2 Å². The lowest BCUT2D eigenvalue weighted by atomic mass is 10.1. The third-order valence-electron chi connectivity index (χ3n) is 3.03. The molecular formula is C14H20N4O4S. The van der Waals surface area contributed by atoms with E-state index < -0.39 is 10.8 Å². The van der Waals surface area contributed by atoms with Crippen molar-refractivity contribution in [1.29, 1.82) is 0 Å². The number of nitrogens with zero attached hydrogens (tertiary/aromatic N) is 2. The third-order valence-corrected chi connectivity index (χ3v) is 3.45. The summed E-state index contributed by atoms with van der Waals surface area (Å²) in [6.07, 6.45) is 0.792. The first-order valence-corrected chi connectivity index (χ1v) is 7.34. The molecule has 8 nitrogen and oxygen atoms in total. The Morgan fingerprint density at radius 3 is 2.74 bits per heavy atom. The molecule has 0 aliphatic rings. The van der Waals surface area contributed by atoms with Gasteiger partial charge in [0.05, 0.1) is 4.92 Å². The van der Waals surface area contributed by atoms with Gasteiger partial charge in [0.2, 0.25) is 0 Å². The predicted molar refractivity (Wildman–Crippen MR) is 90.2 cm³/mol. The molecule has 0 aromatic heterocycles. The Morgan fingerprint density at radius 1 is 1.48 bits per heavy atom. The number of rotatable bonds is 6. The number of methoxy groups -OCH3 is 1. The van der Waals surface area contributed by atoms with Gasteiger partial charge in [-0.1, -0.05) is 0 Å². The molecule has 0 radical (unpaired) electrons. The molecule has 0 aliphatic heterocycles. The number of hydrazine groups is 1. The van der Waals surface area contributed by atoms with Crippen LogP contribution in [0.15, 0.2) is 18.2 Å². The SMILES string of the molecule is COCCCNC(=S)N(C)NC(=O)c1ccc([N+](=O)[O-])c(C)c1. The van der Waals surface area contributed by atoms with Crippen molar-refractivity contribution in [2.24, 2.45) is 0 Å². The number of amides is 1. The van der Waals surface area contributed by atoms with E-state index in [1.807, 2.05) is 0 Å². The smallest absolute Gasteiger partial charge is 0.272 e. The zero-order valence-electron chi connectivity index (χ0n) is 13.3. The number of hydrogen-bond donors (Lipinski definition) is 2. The van der Waals surface area contributed by atoms with Crippen molar-refractivity contribution in [2.75, 3.05) is 27.3 Å². The summed E-state index contributed by atoms with van der Waals surface area (Å²) in [5, 5.41) is 15.5. The maximum absolute atomic E-state index is 12.1. The summed E-state index contributed by atoms with van der Waals surface area (Å²) < 4.78 is 4.93. The van der Waals surface area contributed by atoms with E-state index >= 15 is 0 Å². The molecule has 0 heterocycles. The quantitative estimate of drug-likeness (QED) is 0.349. The van der Waals surface area contributed by atoms with Crippen molar-refractivity contribution >= 4 is 28.9 Å². The van der Waals surface area contributed by atoms with Crippen LogP contribution in [0.5, 0.6) is 0 Å². The molecular weight excluding hydrogens is 320 g/mol. The molecule has 0 unspecified atom stereocenters. The van der Waals surface area contributed by atoms with Gasteiger partial charge in [-0.25, -0.2) is 0 Å². The van der Waals surface area contributed by atoms with Gasteiger partial charge < -0.3 is 10.1 Å². The first-order chi connectivity index (χ1) is 10.9. The second kappa shape index (κ2) is 9.01. The maximum atomic E-state index is 12.1. The fraction of sp³-hybridized carbons (Fsp3) is 0.429. The van der Waals surface area contributed by atoms with E-state index in [-0.39, 0.29) is 5.69 Å². The Morgan fingerprint density at radius 2 is 2.17 bits per heavy atom. The van der Waals surface area contributed by atoms with Gasteiger partial charge in [0.1, 0.15) is 0 Å². The molecule has 126 valence electrons. The third kappa shape index (κ3) is 5.80. The Hall–Kier alpha value is -2.26. The number of carbonyl (C=O) groups excluding carboxylic acids is 1. The Labute approximate surface area is 139 Å². The number of nitro benzene ring substituents is 1. The van der Waals surface area contributed by atoms with Gasteiger partial charge in [0, 0.05) is 44.5 Å². The standard InChI is InChI=1S/C14H20N4O4S/c1-10-9-11(5-6-12(10)18(20)21)13(19)16-17(2)14(23)15-7-4-8-22-3/h5-6,9H,4,7-8H2,1-3H3,(H,15,23)(H,16,19). The molecule has 0 atom stereocenters. The van der Waals surface area contributed by atoms with Crippen molar-refractivity contribution in [1.82, 2.24) is 15.8 Å². The second-order valence-electron chi connectivity index (χ2n) is 4.84. The Bertz CT molecular complexity index is 594. The fourth-order valence-corrected chi connectivity index (χ4v) is 1.95. The fourth-order valence-electron chi connectivity index (χ4n) is 1.80. The normalized spacial score (nSPS) is 10.0. The van der Waals surface area contributed by atoms with Crippen LogP contribution in [0, 0.1) is 17.0 Å². The number of carbonyl (C=O) groups is 1. The minimum atomic E-state index is -0.484. The van der Waals surface area contributed by atoms with Gasteiger partial charge >= 0.3 is 0 Å². The van der Waals surface area contributed by atoms with Crippen LogP contribution < -0.4 is 10.7 Å². The largest absolute Gasteiger partial charge is 0.385 e. The van der Waals surface area contributed by atoms with E-state index in [0.29, 0.717) is 29.4 Å². The van der Waals surface area contributed by atoms with E-state index in [2.05, 4.69) is 10.7 Å². The first-order valence-electron chi connectivity index (χ1n) is 6.93. The van der Waals surface area contributed by atoms with E-state index in [0.717, 1.165) is 6.42 Å². The summed E-state index contributed by atoms with van der Waals surface area (Å²) in [6.45, 7) is 2.83. The van der Waals surface area contributed by atoms with Gasteiger partial charge in [0.15, 0.2) is 5.11 Å².